The number of nitrogen functional groups attached to an aromatic ring is 1. The molecule has 3 heteroatoms. The van der Waals surface area contributed by atoms with E-state index in [2.05, 4.69) is 4.98 Å². The van der Waals surface area contributed by atoms with Gasteiger partial charge in [-0.25, -0.2) is 0 Å². The van der Waals surface area contributed by atoms with Crippen molar-refractivity contribution in [2.75, 3.05) is 5.73 Å². The summed E-state index contributed by atoms with van der Waals surface area (Å²) < 4.78 is 0. The standard InChI is InChI=1S/C8H10N2O/c1-5-8(6(2)11)7(9)3-4-10-5/h3-4H,1-2H3,(H2,9,10). The molecule has 0 aliphatic heterocycles. The highest BCUT2D eigenvalue weighted by molar-refractivity contribution is 5.99. The SMILES string of the molecule is CC(=O)c1c(N)ccnc1C. The Balaban J connectivity index is 3.32. The fourth-order valence-corrected chi connectivity index (χ4v) is 1.04. The van der Waals surface area contributed by atoms with Crippen molar-refractivity contribution >= 4 is 11.5 Å². The Morgan fingerprint density at radius 3 is 2.64 bits per heavy atom. The minimum Gasteiger partial charge on any atom is -0.398 e. The van der Waals surface area contributed by atoms with Crippen LogP contribution in [0.4, 0.5) is 5.69 Å². The predicted molar refractivity (Wildman–Crippen MR) is 43.4 cm³/mol. The second-order valence-corrected chi connectivity index (χ2v) is 2.42. The highest BCUT2D eigenvalue weighted by Gasteiger charge is 2.07. The molecule has 2 N–H and O–H groups in total. The molecular weight excluding hydrogens is 140 g/mol. The summed E-state index contributed by atoms with van der Waals surface area (Å²) in [6, 6.07) is 1.63. The molecule has 1 heterocycles. The molecule has 3 nitrogen and oxygen atoms in total. The van der Waals surface area contributed by atoms with Gasteiger partial charge in [0.1, 0.15) is 0 Å². The van der Waals surface area contributed by atoms with Crippen molar-refractivity contribution in [1.29, 1.82) is 0 Å². The Labute approximate surface area is 65.2 Å². The van der Waals surface area contributed by atoms with Crippen LogP contribution in [-0.2, 0) is 0 Å². The van der Waals surface area contributed by atoms with Gasteiger partial charge in [0.25, 0.3) is 0 Å². The molecule has 11 heavy (non-hydrogen) atoms. The molecule has 0 fully saturated rings. The first-order valence-corrected chi connectivity index (χ1v) is 3.35. The van der Waals surface area contributed by atoms with Crippen LogP contribution in [0.5, 0.6) is 0 Å². The molecule has 0 bridgehead atoms. The molecule has 0 unspecified atom stereocenters. The molecule has 1 aromatic rings. The lowest BCUT2D eigenvalue weighted by molar-refractivity contribution is 0.101. The van der Waals surface area contributed by atoms with Crippen molar-refractivity contribution in [3.63, 3.8) is 0 Å². The lowest BCUT2D eigenvalue weighted by Gasteiger charge is -2.02. The number of hydrogen-bond donors (Lipinski definition) is 1. The second kappa shape index (κ2) is 2.70. The van der Waals surface area contributed by atoms with Crippen LogP contribution < -0.4 is 5.73 Å². The van der Waals surface area contributed by atoms with Gasteiger partial charge in [-0.1, -0.05) is 0 Å². The number of nitrogens with zero attached hydrogens (tertiary/aromatic N) is 1. The maximum Gasteiger partial charge on any atom is 0.163 e. The van der Waals surface area contributed by atoms with E-state index in [4.69, 9.17) is 5.73 Å². The number of ketones is 1. The zero-order valence-corrected chi connectivity index (χ0v) is 6.59. The Hall–Kier alpha value is -1.38. The summed E-state index contributed by atoms with van der Waals surface area (Å²) in [7, 11) is 0. The van der Waals surface area contributed by atoms with Crippen LogP contribution in [0.3, 0.4) is 0 Å². The molecule has 1 aromatic heterocycles. The Morgan fingerprint density at radius 2 is 2.27 bits per heavy atom. The van der Waals surface area contributed by atoms with Crippen LogP contribution in [0.15, 0.2) is 12.3 Å². The smallest absolute Gasteiger partial charge is 0.163 e. The molecule has 1 rings (SSSR count). The van der Waals surface area contributed by atoms with Gasteiger partial charge in [0.15, 0.2) is 5.78 Å². The quantitative estimate of drug-likeness (QED) is 0.611. The molecule has 0 saturated carbocycles. The summed E-state index contributed by atoms with van der Waals surface area (Å²) in [5.41, 5.74) is 7.29. The van der Waals surface area contributed by atoms with E-state index in [1.54, 1.807) is 19.2 Å². The monoisotopic (exact) mass is 150 g/mol. The van der Waals surface area contributed by atoms with E-state index >= 15 is 0 Å². The molecule has 0 spiro atoms. The van der Waals surface area contributed by atoms with Crippen molar-refractivity contribution in [2.45, 2.75) is 13.8 Å². The predicted octanol–water partition coefficient (Wildman–Crippen LogP) is 1.17. The molecule has 0 radical (unpaired) electrons. The molecule has 58 valence electrons. The zero-order chi connectivity index (χ0) is 8.43. The van der Waals surface area contributed by atoms with Crippen LogP contribution in [0, 0.1) is 6.92 Å². The number of carbonyl (C=O) groups is 1. The first kappa shape index (κ1) is 7.72. The first-order chi connectivity index (χ1) is 5.13. The van der Waals surface area contributed by atoms with Gasteiger partial charge >= 0.3 is 0 Å². The minimum atomic E-state index is -0.0342. The van der Waals surface area contributed by atoms with Gasteiger partial charge in [-0.2, -0.15) is 0 Å². The summed E-state index contributed by atoms with van der Waals surface area (Å²) in [5.74, 6) is -0.0342. The highest BCUT2D eigenvalue weighted by atomic mass is 16.1. The molecule has 0 atom stereocenters. The normalized spacial score (nSPS) is 9.64. The number of aryl methyl sites for hydroxylation is 1. The summed E-state index contributed by atoms with van der Waals surface area (Å²) in [5, 5.41) is 0. The van der Waals surface area contributed by atoms with E-state index in [9.17, 15) is 4.79 Å². The number of aromatic nitrogens is 1. The Bertz CT molecular complexity index is 274. The van der Waals surface area contributed by atoms with Gasteiger partial charge in [0.2, 0.25) is 0 Å². The third-order valence-corrected chi connectivity index (χ3v) is 1.52. The number of nitrogens with two attached hydrogens (primary N) is 1. The zero-order valence-electron chi connectivity index (χ0n) is 6.59. The molecule has 0 aliphatic rings. The number of anilines is 1. The van der Waals surface area contributed by atoms with Crippen LogP contribution in [0.1, 0.15) is 23.0 Å². The lowest BCUT2D eigenvalue weighted by Crippen LogP contribution is -2.03. The highest BCUT2D eigenvalue weighted by Crippen LogP contribution is 2.13. The fraction of sp³-hybridized carbons (Fsp3) is 0.250. The Kier molecular flexibility index (Phi) is 1.89. The van der Waals surface area contributed by atoms with Gasteiger partial charge < -0.3 is 5.73 Å². The van der Waals surface area contributed by atoms with E-state index in [-0.39, 0.29) is 5.78 Å². The molecule has 0 saturated heterocycles. The molecule has 0 amide bonds. The summed E-state index contributed by atoms with van der Waals surface area (Å²) in [4.78, 5) is 14.9. The number of rotatable bonds is 1. The van der Waals surface area contributed by atoms with E-state index in [0.717, 1.165) is 0 Å². The third-order valence-electron chi connectivity index (χ3n) is 1.52. The van der Waals surface area contributed by atoms with Gasteiger partial charge in [-0.3, -0.25) is 9.78 Å². The van der Waals surface area contributed by atoms with Crippen molar-refractivity contribution < 1.29 is 4.79 Å². The second-order valence-electron chi connectivity index (χ2n) is 2.42. The summed E-state index contributed by atoms with van der Waals surface area (Å²) >= 11 is 0. The van der Waals surface area contributed by atoms with Crippen LogP contribution in [-0.4, -0.2) is 10.8 Å². The lowest BCUT2D eigenvalue weighted by atomic mass is 10.1. The fourth-order valence-electron chi connectivity index (χ4n) is 1.04. The van der Waals surface area contributed by atoms with Crippen LogP contribution >= 0.6 is 0 Å². The summed E-state index contributed by atoms with van der Waals surface area (Å²) in [6.45, 7) is 3.26. The van der Waals surface area contributed by atoms with E-state index in [1.165, 1.54) is 6.92 Å². The molecule has 0 aromatic carbocycles. The maximum absolute atomic E-state index is 11.0. The van der Waals surface area contributed by atoms with Crippen molar-refractivity contribution in [3.8, 4) is 0 Å². The van der Waals surface area contributed by atoms with Gasteiger partial charge in [-0.15, -0.1) is 0 Å². The van der Waals surface area contributed by atoms with Gasteiger partial charge in [0.05, 0.1) is 11.3 Å². The Morgan fingerprint density at radius 1 is 1.64 bits per heavy atom. The van der Waals surface area contributed by atoms with E-state index < -0.39 is 0 Å². The van der Waals surface area contributed by atoms with Crippen LogP contribution in [0.25, 0.3) is 0 Å². The maximum atomic E-state index is 11.0. The number of carbonyl (C=O) groups excluding carboxylic acids is 1. The van der Waals surface area contributed by atoms with E-state index in [0.29, 0.717) is 16.9 Å². The minimum absolute atomic E-state index is 0.0342. The van der Waals surface area contributed by atoms with Crippen molar-refractivity contribution in [1.82, 2.24) is 4.98 Å². The average Bonchev–Trinajstić information content (AvgIpc) is 1.85. The number of hydrogen-bond acceptors (Lipinski definition) is 3. The first-order valence-electron chi connectivity index (χ1n) is 3.35. The van der Waals surface area contributed by atoms with Gasteiger partial charge in [-0.05, 0) is 19.9 Å². The third kappa shape index (κ3) is 1.37. The van der Waals surface area contributed by atoms with Gasteiger partial charge in [0, 0.05) is 11.9 Å². The topological polar surface area (TPSA) is 56.0 Å². The molecular formula is C8H10N2O. The number of Topliss-reactive ketones (excluding diaryl/α,β-unsaturated/α-hetero) is 1. The van der Waals surface area contributed by atoms with Crippen molar-refractivity contribution in [3.05, 3.63) is 23.5 Å². The van der Waals surface area contributed by atoms with Crippen molar-refractivity contribution in [2.24, 2.45) is 0 Å². The van der Waals surface area contributed by atoms with E-state index in [1.807, 2.05) is 0 Å². The van der Waals surface area contributed by atoms with Crippen LogP contribution in [0.2, 0.25) is 0 Å². The average molecular weight is 150 g/mol. The number of pyridine rings is 1. The summed E-state index contributed by atoms with van der Waals surface area (Å²) in [6.07, 6.45) is 1.59. The molecule has 0 aliphatic carbocycles. The largest absolute Gasteiger partial charge is 0.398 e.